The van der Waals surface area contributed by atoms with E-state index < -0.39 is 5.82 Å². The third kappa shape index (κ3) is 3.27. The third-order valence-electron chi connectivity index (χ3n) is 3.02. The summed E-state index contributed by atoms with van der Waals surface area (Å²) < 4.78 is 24.2. The maximum Gasteiger partial charge on any atom is 0.165 e. The van der Waals surface area contributed by atoms with Gasteiger partial charge in [-0.25, -0.2) is 4.39 Å². The Hall–Kier alpha value is -2.07. The Morgan fingerprint density at radius 3 is 2.55 bits per heavy atom. The van der Waals surface area contributed by atoms with Crippen molar-refractivity contribution < 1.29 is 13.9 Å². The van der Waals surface area contributed by atoms with E-state index in [0.29, 0.717) is 0 Å². The van der Waals surface area contributed by atoms with E-state index in [0.717, 1.165) is 16.9 Å². The second-order valence-electron chi connectivity index (χ2n) is 4.58. The molecule has 0 aliphatic carbocycles. The van der Waals surface area contributed by atoms with Gasteiger partial charge in [0.2, 0.25) is 0 Å². The van der Waals surface area contributed by atoms with Crippen LogP contribution in [0.2, 0.25) is 0 Å². The molecule has 3 nitrogen and oxygen atoms in total. The molecule has 0 aliphatic rings. The Labute approximate surface area is 118 Å². The predicted molar refractivity (Wildman–Crippen MR) is 76.3 cm³/mol. The van der Waals surface area contributed by atoms with Crippen molar-refractivity contribution in [2.45, 2.75) is 19.6 Å². The van der Waals surface area contributed by atoms with Crippen LogP contribution in [0, 0.1) is 5.82 Å². The summed E-state index contributed by atoms with van der Waals surface area (Å²) in [7, 11) is 1.44. The molecule has 2 aromatic carbocycles. The first kappa shape index (κ1) is 14.3. The van der Waals surface area contributed by atoms with Crippen molar-refractivity contribution in [3.63, 3.8) is 0 Å². The highest BCUT2D eigenvalue weighted by atomic mass is 19.1. The molecule has 4 heteroatoms. The molecule has 0 aliphatic heterocycles. The summed E-state index contributed by atoms with van der Waals surface area (Å²) >= 11 is 0. The molecule has 0 fully saturated rings. The molecule has 2 aromatic rings. The van der Waals surface area contributed by atoms with E-state index in [4.69, 9.17) is 15.2 Å². The van der Waals surface area contributed by atoms with Gasteiger partial charge in [0, 0.05) is 11.6 Å². The average molecular weight is 275 g/mol. The molecule has 106 valence electrons. The van der Waals surface area contributed by atoms with Gasteiger partial charge in [-0.15, -0.1) is 0 Å². The lowest BCUT2D eigenvalue weighted by atomic mass is 10.1. The number of para-hydroxylation sites is 1. The molecule has 0 amide bonds. The summed E-state index contributed by atoms with van der Waals surface area (Å²) in [6.07, 6.45) is 0. The molecule has 2 rings (SSSR count). The van der Waals surface area contributed by atoms with Gasteiger partial charge in [-0.05, 0) is 30.7 Å². The van der Waals surface area contributed by atoms with Crippen LogP contribution in [0.4, 0.5) is 4.39 Å². The van der Waals surface area contributed by atoms with Crippen molar-refractivity contribution in [1.29, 1.82) is 0 Å². The van der Waals surface area contributed by atoms with Crippen LogP contribution in [0.5, 0.6) is 11.5 Å². The zero-order valence-corrected chi connectivity index (χ0v) is 11.6. The van der Waals surface area contributed by atoms with Crippen molar-refractivity contribution >= 4 is 0 Å². The average Bonchev–Trinajstić information content (AvgIpc) is 2.45. The molecule has 0 saturated heterocycles. The fraction of sp³-hybridized carbons (Fsp3) is 0.250. The fourth-order valence-corrected chi connectivity index (χ4v) is 1.95. The van der Waals surface area contributed by atoms with Crippen molar-refractivity contribution in [2.24, 2.45) is 5.73 Å². The van der Waals surface area contributed by atoms with Gasteiger partial charge >= 0.3 is 0 Å². The number of hydrogen-bond acceptors (Lipinski definition) is 3. The van der Waals surface area contributed by atoms with Crippen LogP contribution in [0.3, 0.4) is 0 Å². The van der Waals surface area contributed by atoms with Crippen LogP contribution in [0.1, 0.15) is 24.1 Å². The van der Waals surface area contributed by atoms with Gasteiger partial charge in [-0.1, -0.05) is 24.3 Å². The van der Waals surface area contributed by atoms with E-state index in [2.05, 4.69) is 0 Å². The number of hydrogen-bond donors (Lipinski definition) is 1. The van der Waals surface area contributed by atoms with Crippen molar-refractivity contribution in [3.8, 4) is 11.5 Å². The van der Waals surface area contributed by atoms with Crippen LogP contribution in [0.25, 0.3) is 0 Å². The quantitative estimate of drug-likeness (QED) is 0.909. The second-order valence-corrected chi connectivity index (χ2v) is 4.58. The Bertz CT molecular complexity index is 584. The van der Waals surface area contributed by atoms with E-state index in [1.165, 1.54) is 13.2 Å². The monoisotopic (exact) mass is 275 g/mol. The minimum Gasteiger partial charge on any atom is -0.494 e. The molecule has 0 heterocycles. The van der Waals surface area contributed by atoms with Gasteiger partial charge < -0.3 is 15.2 Å². The summed E-state index contributed by atoms with van der Waals surface area (Å²) in [5.74, 6) is 0.553. The molecule has 0 bridgehead atoms. The fourth-order valence-electron chi connectivity index (χ4n) is 1.95. The van der Waals surface area contributed by atoms with Crippen LogP contribution in [0.15, 0.2) is 42.5 Å². The van der Waals surface area contributed by atoms with Crippen molar-refractivity contribution in [1.82, 2.24) is 0 Å². The van der Waals surface area contributed by atoms with Gasteiger partial charge in [0.15, 0.2) is 11.6 Å². The SMILES string of the molecule is COc1ccc(COc2ccccc2[C@H](C)N)cc1F. The zero-order chi connectivity index (χ0) is 14.5. The highest BCUT2D eigenvalue weighted by Gasteiger charge is 2.08. The molecule has 0 saturated carbocycles. The lowest BCUT2D eigenvalue weighted by Gasteiger charge is -2.14. The number of nitrogens with two attached hydrogens (primary N) is 1. The predicted octanol–water partition coefficient (Wildman–Crippen LogP) is 3.43. The molecule has 1 atom stereocenters. The smallest absolute Gasteiger partial charge is 0.165 e. The highest BCUT2D eigenvalue weighted by Crippen LogP contribution is 2.25. The molecule has 0 spiro atoms. The lowest BCUT2D eigenvalue weighted by Crippen LogP contribution is -2.08. The van der Waals surface area contributed by atoms with Crippen LogP contribution < -0.4 is 15.2 Å². The van der Waals surface area contributed by atoms with Gasteiger partial charge in [0.05, 0.1) is 7.11 Å². The Morgan fingerprint density at radius 2 is 1.90 bits per heavy atom. The van der Waals surface area contributed by atoms with E-state index >= 15 is 0 Å². The maximum atomic E-state index is 13.6. The molecule has 20 heavy (non-hydrogen) atoms. The highest BCUT2D eigenvalue weighted by molar-refractivity contribution is 5.36. The summed E-state index contributed by atoms with van der Waals surface area (Å²) in [5.41, 5.74) is 7.56. The summed E-state index contributed by atoms with van der Waals surface area (Å²) in [5, 5.41) is 0. The normalized spacial score (nSPS) is 12.0. The molecular formula is C16H18FNO2. The van der Waals surface area contributed by atoms with E-state index in [9.17, 15) is 4.39 Å². The van der Waals surface area contributed by atoms with Gasteiger partial charge in [0.25, 0.3) is 0 Å². The molecule has 2 N–H and O–H groups in total. The first-order valence-electron chi connectivity index (χ1n) is 6.41. The van der Waals surface area contributed by atoms with Gasteiger partial charge in [0.1, 0.15) is 12.4 Å². The van der Waals surface area contributed by atoms with Crippen molar-refractivity contribution in [3.05, 3.63) is 59.4 Å². The molecular weight excluding hydrogens is 257 g/mol. The summed E-state index contributed by atoms with van der Waals surface area (Å²) in [6, 6.07) is 12.2. The lowest BCUT2D eigenvalue weighted by molar-refractivity contribution is 0.300. The topological polar surface area (TPSA) is 44.5 Å². The first-order valence-corrected chi connectivity index (χ1v) is 6.41. The Kier molecular flexibility index (Phi) is 4.58. The van der Waals surface area contributed by atoms with E-state index in [-0.39, 0.29) is 18.4 Å². The van der Waals surface area contributed by atoms with Crippen LogP contribution in [-0.4, -0.2) is 7.11 Å². The van der Waals surface area contributed by atoms with Crippen molar-refractivity contribution in [2.75, 3.05) is 7.11 Å². The largest absolute Gasteiger partial charge is 0.494 e. The summed E-state index contributed by atoms with van der Waals surface area (Å²) in [6.45, 7) is 2.18. The van der Waals surface area contributed by atoms with Crippen LogP contribution >= 0.6 is 0 Å². The number of rotatable bonds is 5. The summed E-state index contributed by atoms with van der Waals surface area (Å²) in [4.78, 5) is 0. The number of benzene rings is 2. The molecule has 0 unspecified atom stereocenters. The third-order valence-corrected chi connectivity index (χ3v) is 3.02. The maximum absolute atomic E-state index is 13.6. The Morgan fingerprint density at radius 1 is 1.15 bits per heavy atom. The van der Waals surface area contributed by atoms with Gasteiger partial charge in [-0.2, -0.15) is 0 Å². The minimum atomic E-state index is -0.394. The van der Waals surface area contributed by atoms with Crippen LogP contribution in [-0.2, 0) is 6.61 Å². The Balaban J connectivity index is 2.11. The van der Waals surface area contributed by atoms with E-state index in [1.807, 2.05) is 31.2 Å². The minimum absolute atomic E-state index is 0.112. The van der Waals surface area contributed by atoms with E-state index in [1.54, 1.807) is 12.1 Å². The molecule has 0 aromatic heterocycles. The first-order chi connectivity index (χ1) is 9.61. The standard InChI is InChI=1S/C16H18FNO2/c1-11(18)13-5-3-4-6-15(13)20-10-12-7-8-16(19-2)14(17)9-12/h3-9,11H,10,18H2,1-2H3/t11-/m0/s1. The number of halogens is 1. The number of methoxy groups -OCH3 is 1. The van der Waals surface area contributed by atoms with Gasteiger partial charge in [-0.3, -0.25) is 0 Å². The molecule has 0 radical (unpaired) electrons. The zero-order valence-electron chi connectivity index (χ0n) is 11.6. The number of ether oxygens (including phenoxy) is 2. The second kappa shape index (κ2) is 6.39.